The fraction of sp³-hybridized carbons (Fsp3) is 0.531. The van der Waals surface area contributed by atoms with Crippen molar-refractivity contribution < 1.29 is 23.1 Å². The summed E-state index contributed by atoms with van der Waals surface area (Å²) in [7, 11) is 1.63. The summed E-state index contributed by atoms with van der Waals surface area (Å²) in [4.78, 5) is 17.0. The standard InChI is InChI=1S/C32H38F3N7O2.ClH/c1-3-41(18-21-8-10-24(11-9-21)30(43)44)29-16-26-7-5-4-6-25(26)15-27(29)20-42(31-37-39-40(2)38-31)19-23-12-22(17-36)13-28(14-23)32(33,34)35;/h12-16,21,24H,3-11,18-20H2,1-2H3,(H,43,44);1H. The van der Waals surface area contributed by atoms with E-state index in [9.17, 15) is 28.3 Å². The number of tetrazole rings is 1. The Morgan fingerprint density at radius 3 is 2.31 bits per heavy atom. The van der Waals surface area contributed by atoms with Gasteiger partial charge >= 0.3 is 12.1 Å². The first-order valence-corrected chi connectivity index (χ1v) is 15.3. The number of aromatic nitrogens is 4. The van der Waals surface area contributed by atoms with Crippen LogP contribution in [0.15, 0.2) is 30.3 Å². The fourth-order valence-corrected chi connectivity index (χ4v) is 6.58. The smallest absolute Gasteiger partial charge is 0.416 e. The van der Waals surface area contributed by atoms with Gasteiger partial charge in [0.2, 0.25) is 0 Å². The van der Waals surface area contributed by atoms with Gasteiger partial charge < -0.3 is 14.9 Å². The summed E-state index contributed by atoms with van der Waals surface area (Å²) in [5, 5.41) is 31.5. The number of hydrogen-bond acceptors (Lipinski definition) is 7. The molecule has 2 aliphatic rings. The topological polar surface area (TPSA) is 111 Å². The van der Waals surface area contributed by atoms with E-state index >= 15 is 0 Å². The SMILES string of the molecule is CCN(CC1CCC(C(=O)O)CC1)c1cc2c(cc1CN(Cc1cc(C#N)cc(C(F)(F)F)c1)c1nnn(C)n1)CCCC2.Cl. The van der Waals surface area contributed by atoms with Gasteiger partial charge in [0.1, 0.15) is 0 Å². The summed E-state index contributed by atoms with van der Waals surface area (Å²) >= 11 is 0. The molecule has 1 saturated carbocycles. The van der Waals surface area contributed by atoms with Gasteiger partial charge in [0.15, 0.2) is 0 Å². The van der Waals surface area contributed by atoms with E-state index in [0.29, 0.717) is 30.9 Å². The molecule has 0 amide bonds. The van der Waals surface area contributed by atoms with Crippen LogP contribution in [0.4, 0.5) is 24.8 Å². The van der Waals surface area contributed by atoms with E-state index < -0.39 is 17.7 Å². The van der Waals surface area contributed by atoms with Gasteiger partial charge in [-0.1, -0.05) is 11.2 Å². The lowest BCUT2D eigenvalue weighted by molar-refractivity contribution is -0.143. The first kappa shape index (κ1) is 34.0. The number of carboxylic acid groups (broad SMARTS) is 1. The molecular weight excluding hydrogens is 607 g/mol. The second kappa shape index (κ2) is 14.5. The van der Waals surface area contributed by atoms with E-state index in [-0.39, 0.29) is 36.4 Å². The lowest BCUT2D eigenvalue weighted by Crippen LogP contribution is -2.34. The third-order valence-electron chi connectivity index (χ3n) is 8.90. The minimum atomic E-state index is -4.59. The summed E-state index contributed by atoms with van der Waals surface area (Å²) in [6, 6.07) is 9.76. The van der Waals surface area contributed by atoms with Gasteiger partial charge in [0.25, 0.3) is 5.95 Å². The maximum Gasteiger partial charge on any atom is 0.416 e. The molecule has 5 rings (SSSR count). The number of aryl methyl sites for hydroxylation is 3. The first-order chi connectivity index (χ1) is 21.0. The van der Waals surface area contributed by atoms with Crippen LogP contribution in [0.3, 0.4) is 0 Å². The fourth-order valence-electron chi connectivity index (χ4n) is 6.58. The molecule has 0 radical (unpaired) electrons. The number of nitriles is 1. The van der Waals surface area contributed by atoms with Crippen LogP contribution in [-0.4, -0.2) is 44.4 Å². The Labute approximate surface area is 267 Å². The lowest BCUT2D eigenvalue weighted by Gasteiger charge is -2.35. The highest BCUT2D eigenvalue weighted by molar-refractivity contribution is 5.85. The lowest BCUT2D eigenvalue weighted by atomic mass is 9.81. The molecule has 0 spiro atoms. The van der Waals surface area contributed by atoms with Gasteiger partial charge in [-0.2, -0.15) is 23.2 Å². The molecule has 0 unspecified atom stereocenters. The Balaban J connectivity index is 0.00000461. The van der Waals surface area contributed by atoms with Crippen molar-refractivity contribution in [2.45, 2.75) is 77.6 Å². The van der Waals surface area contributed by atoms with Gasteiger partial charge in [0.05, 0.1) is 30.2 Å². The molecule has 9 nitrogen and oxygen atoms in total. The van der Waals surface area contributed by atoms with Gasteiger partial charge in [-0.3, -0.25) is 4.79 Å². The molecule has 0 atom stereocenters. The van der Waals surface area contributed by atoms with Crippen molar-refractivity contribution in [2.24, 2.45) is 18.9 Å². The number of fused-ring (bicyclic) bond motifs is 1. The minimum absolute atomic E-state index is 0. The van der Waals surface area contributed by atoms with Gasteiger partial charge in [0, 0.05) is 31.9 Å². The summed E-state index contributed by atoms with van der Waals surface area (Å²) in [5.74, 6) is -0.331. The van der Waals surface area contributed by atoms with E-state index in [1.54, 1.807) is 7.05 Å². The monoisotopic (exact) mass is 645 g/mol. The highest BCUT2D eigenvalue weighted by atomic mass is 35.5. The van der Waals surface area contributed by atoms with E-state index in [0.717, 1.165) is 75.0 Å². The average molecular weight is 646 g/mol. The van der Waals surface area contributed by atoms with Crippen LogP contribution >= 0.6 is 12.4 Å². The number of halogens is 4. The number of carbonyl (C=O) groups is 1. The number of carboxylic acids is 1. The van der Waals surface area contributed by atoms with Crippen LogP contribution in [0.5, 0.6) is 0 Å². The van der Waals surface area contributed by atoms with Crippen molar-refractivity contribution in [3.05, 3.63) is 63.7 Å². The van der Waals surface area contributed by atoms with Crippen LogP contribution in [0.2, 0.25) is 0 Å². The summed E-state index contributed by atoms with van der Waals surface area (Å²) < 4.78 is 41.1. The molecular formula is C32H39ClF3N7O2. The normalized spacial score (nSPS) is 18.0. The van der Waals surface area contributed by atoms with Crippen molar-refractivity contribution in [1.82, 2.24) is 20.2 Å². The number of nitrogens with zero attached hydrogens (tertiary/aromatic N) is 7. The Morgan fingerprint density at radius 1 is 1.04 bits per heavy atom. The molecule has 1 heterocycles. The highest BCUT2D eigenvalue weighted by Crippen LogP contribution is 2.36. The molecule has 1 fully saturated rings. The summed E-state index contributed by atoms with van der Waals surface area (Å²) in [6.45, 7) is 4.05. The molecule has 3 aromatic rings. The largest absolute Gasteiger partial charge is 0.481 e. The van der Waals surface area contributed by atoms with Crippen molar-refractivity contribution in [2.75, 3.05) is 22.9 Å². The molecule has 1 aromatic heterocycles. The Kier molecular flexibility index (Phi) is 11.0. The number of anilines is 2. The van der Waals surface area contributed by atoms with Gasteiger partial charge in [-0.15, -0.1) is 17.5 Å². The number of benzene rings is 2. The Bertz CT molecular complexity index is 1530. The summed E-state index contributed by atoms with van der Waals surface area (Å²) in [6.07, 6.45) is 2.70. The zero-order valence-electron chi connectivity index (χ0n) is 25.6. The second-order valence-electron chi connectivity index (χ2n) is 12.0. The van der Waals surface area contributed by atoms with Crippen LogP contribution in [0.25, 0.3) is 0 Å². The van der Waals surface area contributed by atoms with E-state index in [1.807, 2.05) is 11.0 Å². The maximum atomic E-state index is 13.7. The van der Waals surface area contributed by atoms with Crippen molar-refractivity contribution in [1.29, 1.82) is 5.26 Å². The number of rotatable bonds is 10. The Hall–Kier alpha value is -3.85. The molecule has 13 heteroatoms. The van der Waals surface area contributed by atoms with Crippen LogP contribution in [0, 0.1) is 23.2 Å². The van der Waals surface area contributed by atoms with Crippen molar-refractivity contribution in [3.63, 3.8) is 0 Å². The molecule has 0 bridgehead atoms. The predicted molar refractivity (Wildman–Crippen MR) is 166 cm³/mol. The number of aliphatic carboxylic acids is 1. The van der Waals surface area contributed by atoms with E-state index in [2.05, 4.69) is 39.4 Å². The molecule has 2 aromatic carbocycles. The summed E-state index contributed by atoms with van der Waals surface area (Å²) in [5.41, 5.74) is 4.09. The van der Waals surface area contributed by atoms with E-state index in [1.165, 1.54) is 22.0 Å². The third-order valence-corrected chi connectivity index (χ3v) is 8.90. The zero-order valence-corrected chi connectivity index (χ0v) is 26.4. The van der Waals surface area contributed by atoms with Crippen LogP contribution in [0.1, 0.15) is 78.8 Å². The Morgan fingerprint density at radius 2 is 1.73 bits per heavy atom. The second-order valence-corrected chi connectivity index (χ2v) is 12.0. The van der Waals surface area contributed by atoms with Gasteiger partial charge in [-0.25, -0.2) is 0 Å². The van der Waals surface area contributed by atoms with Crippen molar-refractivity contribution >= 4 is 30.0 Å². The zero-order chi connectivity index (χ0) is 31.4. The molecule has 2 aliphatic carbocycles. The number of hydrogen-bond donors (Lipinski definition) is 1. The molecule has 1 N–H and O–H groups in total. The van der Waals surface area contributed by atoms with Gasteiger partial charge in [-0.05, 0) is 116 Å². The first-order valence-electron chi connectivity index (χ1n) is 15.3. The highest BCUT2D eigenvalue weighted by Gasteiger charge is 2.32. The van der Waals surface area contributed by atoms with Crippen LogP contribution < -0.4 is 9.80 Å². The number of alkyl halides is 3. The molecule has 242 valence electrons. The molecule has 0 saturated heterocycles. The third kappa shape index (κ3) is 8.25. The maximum absolute atomic E-state index is 13.7. The van der Waals surface area contributed by atoms with Crippen LogP contribution in [-0.2, 0) is 43.9 Å². The average Bonchev–Trinajstić information content (AvgIpc) is 3.45. The van der Waals surface area contributed by atoms with Crippen molar-refractivity contribution in [3.8, 4) is 6.07 Å². The minimum Gasteiger partial charge on any atom is -0.481 e. The molecule has 45 heavy (non-hydrogen) atoms. The molecule has 0 aliphatic heterocycles. The predicted octanol–water partition coefficient (Wildman–Crippen LogP) is 6.33. The quantitative estimate of drug-likeness (QED) is 0.273. The van der Waals surface area contributed by atoms with E-state index in [4.69, 9.17) is 0 Å².